The Morgan fingerprint density at radius 2 is 2.28 bits per heavy atom. The minimum absolute atomic E-state index is 0.345. The number of hydrogen-bond donors (Lipinski definition) is 3. The Balaban J connectivity index is 1.94. The topological polar surface area (TPSA) is 98.2 Å². The maximum Gasteiger partial charge on any atom is 0.182 e. The van der Waals surface area contributed by atoms with Crippen molar-refractivity contribution in [2.24, 2.45) is 0 Å². The van der Waals surface area contributed by atoms with Gasteiger partial charge in [0.1, 0.15) is 11.8 Å². The van der Waals surface area contributed by atoms with Crippen LogP contribution in [-0.2, 0) is 0 Å². The standard InChI is InChI=1S/C11H15N5O2/c1-11(18)2-3-16(4-7(11)17)10-8-9(13-5-12-8)14-6-15-10/h5-7,17-18H,2-4H2,1H3,(H,12,13,14,15)/t7-,11-/m1/s1. The lowest BCUT2D eigenvalue weighted by atomic mass is 9.91. The van der Waals surface area contributed by atoms with Gasteiger partial charge in [-0.25, -0.2) is 15.0 Å². The first-order chi connectivity index (χ1) is 8.58. The lowest BCUT2D eigenvalue weighted by Crippen LogP contribution is -2.54. The van der Waals surface area contributed by atoms with Crippen molar-refractivity contribution in [2.45, 2.75) is 25.0 Å². The van der Waals surface area contributed by atoms with E-state index in [2.05, 4.69) is 19.9 Å². The SMILES string of the molecule is C[C@@]1(O)CCN(c2ncnc3nc[nH]c23)C[C@H]1O. The molecule has 0 aliphatic carbocycles. The second-order valence-electron chi connectivity index (χ2n) is 4.87. The molecule has 1 fully saturated rings. The van der Waals surface area contributed by atoms with Gasteiger partial charge in [-0.15, -0.1) is 0 Å². The summed E-state index contributed by atoms with van der Waals surface area (Å²) in [6, 6.07) is 0. The number of β-amino-alcohol motifs (C(OH)–C–C–N with tert-alkyl or cyclic N) is 1. The summed E-state index contributed by atoms with van der Waals surface area (Å²) in [5, 5.41) is 19.9. The number of hydrogen-bond acceptors (Lipinski definition) is 6. The normalized spacial score (nSPS) is 28.8. The van der Waals surface area contributed by atoms with Crippen molar-refractivity contribution < 1.29 is 10.2 Å². The molecule has 0 unspecified atom stereocenters. The van der Waals surface area contributed by atoms with Crippen molar-refractivity contribution in [1.29, 1.82) is 0 Å². The first-order valence-corrected chi connectivity index (χ1v) is 5.87. The predicted octanol–water partition coefficient (Wildman–Crippen LogP) is -0.325. The van der Waals surface area contributed by atoms with Gasteiger partial charge in [-0.2, -0.15) is 0 Å². The largest absolute Gasteiger partial charge is 0.388 e. The molecule has 0 saturated carbocycles. The number of aliphatic hydroxyl groups is 2. The first-order valence-electron chi connectivity index (χ1n) is 5.87. The highest BCUT2D eigenvalue weighted by atomic mass is 16.3. The Labute approximate surface area is 104 Å². The number of nitrogens with zero attached hydrogens (tertiary/aromatic N) is 4. The van der Waals surface area contributed by atoms with E-state index in [1.807, 2.05) is 4.90 Å². The number of piperidine rings is 1. The summed E-state index contributed by atoms with van der Waals surface area (Å²) in [7, 11) is 0. The highest BCUT2D eigenvalue weighted by molar-refractivity contribution is 5.82. The van der Waals surface area contributed by atoms with Crippen molar-refractivity contribution in [1.82, 2.24) is 19.9 Å². The molecule has 3 N–H and O–H groups in total. The molecule has 1 saturated heterocycles. The van der Waals surface area contributed by atoms with Gasteiger partial charge in [-0.05, 0) is 13.3 Å². The van der Waals surface area contributed by atoms with E-state index in [0.717, 1.165) is 5.52 Å². The molecular formula is C11H15N5O2. The number of aromatic amines is 1. The van der Waals surface area contributed by atoms with Crippen LogP contribution in [0.3, 0.4) is 0 Å². The van der Waals surface area contributed by atoms with Crippen molar-refractivity contribution in [3.63, 3.8) is 0 Å². The van der Waals surface area contributed by atoms with E-state index in [0.29, 0.717) is 31.0 Å². The molecule has 3 rings (SSSR count). The fourth-order valence-corrected chi connectivity index (χ4v) is 2.21. The Bertz CT molecular complexity index is 567. The molecule has 1 aliphatic heterocycles. The van der Waals surface area contributed by atoms with E-state index in [-0.39, 0.29) is 0 Å². The molecule has 0 aromatic carbocycles. The van der Waals surface area contributed by atoms with E-state index < -0.39 is 11.7 Å². The van der Waals surface area contributed by atoms with Crippen LogP contribution >= 0.6 is 0 Å². The minimum atomic E-state index is -1.03. The molecule has 18 heavy (non-hydrogen) atoms. The number of fused-ring (bicyclic) bond motifs is 1. The van der Waals surface area contributed by atoms with Gasteiger partial charge < -0.3 is 20.1 Å². The number of aromatic nitrogens is 4. The summed E-state index contributed by atoms with van der Waals surface area (Å²) in [4.78, 5) is 17.3. The third kappa shape index (κ3) is 1.72. The zero-order valence-electron chi connectivity index (χ0n) is 10.0. The molecule has 1 aliphatic rings. The number of H-pyrrole nitrogens is 1. The minimum Gasteiger partial charge on any atom is -0.388 e. The van der Waals surface area contributed by atoms with Crippen LogP contribution < -0.4 is 4.90 Å². The Morgan fingerprint density at radius 3 is 3.06 bits per heavy atom. The predicted molar refractivity (Wildman–Crippen MR) is 65.1 cm³/mol. The van der Waals surface area contributed by atoms with E-state index in [1.54, 1.807) is 13.3 Å². The molecule has 2 aromatic heterocycles. The Hall–Kier alpha value is -1.73. The number of aliphatic hydroxyl groups excluding tert-OH is 1. The molecule has 2 aromatic rings. The lowest BCUT2D eigenvalue weighted by molar-refractivity contribution is -0.0722. The fourth-order valence-electron chi connectivity index (χ4n) is 2.21. The molecular weight excluding hydrogens is 234 g/mol. The van der Waals surface area contributed by atoms with Crippen LogP contribution in [0.15, 0.2) is 12.7 Å². The van der Waals surface area contributed by atoms with Crippen LogP contribution in [0.25, 0.3) is 11.2 Å². The maximum atomic E-state index is 9.95. The van der Waals surface area contributed by atoms with E-state index in [4.69, 9.17) is 0 Å². The van der Waals surface area contributed by atoms with Gasteiger partial charge in [0.25, 0.3) is 0 Å². The molecule has 96 valence electrons. The molecule has 7 nitrogen and oxygen atoms in total. The van der Waals surface area contributed by atoms with Gasteiger partial charge in [0, 0.05) is 13.1 Å². The van der Waals surface area contributed by atoms with Crippen molar-refractivity contribution >= 4 is 17.0 Å². The molecule has 0 spiro atoms. The summed E-state index contributed by atoms with van der Waals surface area (Å²) in [6.07, 6.45) is 2.73. The summed E-state index contributed by atoms with van der Waals surface area (Å²) < 4.78 is 0. The van der Waals surface area contributed by atoms with Crippen LogP contribution in [0, 0.1) is 0 Å². The zero-order chi connectivity index (χ0) is 12.8. The number of anilines is 1. The van der Waals surface area contributed by atoms with E-state index in [9.17, 15) is 10.2 Å². The van der Waals surface area contributed by atoms with Gasteiger partial charge >= 0.3 is 0 Å². The summed E-state index contributed by atoms with van der Waals surface area (Å²) in [6.45, 7) is 2.63. The second-order valence-corrected chi connectivity index (χ2v) is 4.87. The summed E-state index contributed by atoms with van der Waals surface area (Å²) in [5.41, 5.74) is 0.328. The molecule has 0 bridgehead atoms. The van der Waals surface area contributed by atoms with Crippen LogP contribution in [0.4, 0.5) is 5.82 Å². The van der Waals surface area contributed by atoms with Crippen LogP contribution in [-0.4, -0.2) is 54.9 Å². The second kappa shape index (κ2) is 3.89. The third-order valence-electron chi connectivity index (χ3n) is 3.50. The smallest absolute Gasteiger partial charge is 0.182 e. The Morgan fingerprint density at radius 1 is 1.44 bits per heavy atom. The van der Waals surface area contributed by atoms with Crippen molar-refractivity contribution in [3.8, 4) is 0 Å². The molecule has 0 amide bonds. The number of imidazole rings is 1. The summed E-state index contributed by atoms with van der Waals surface area (Å²) in [5.74, 6) is 0.715. The van der Waals surface area contributed by atoms with E-state index in [1.165, 1.54) is 6.33 Å². The fraction of sp³-hybridized carbons (Fsp3) is 0.545. The van der Waals surface area contributed by atoms with Gasteiger partial charge in [0.15, 0.2) is 11.5 Å². The molecule has 2 atom stereocenters. The van der Waals surface area contributed by atoms with Crippen molar-refractivity contribution in [3.05, 3.63) is 12.7 Å². The lowest BCUT2D eigenvalue weighted by Gasteiger charge is -2.40. The van der Waals surface area contributed by atoms with Crippen LogP contribution in [0.1, 0.15) is 13.3 Å². The average Bonchev–Trinajstić information content (AvgIpc) is 2.80. The maximum absolute atomic E-state index is 9.95. The monoisotopic (exact) mass is 249 g/mol. The van der Waals surface area contributed by atoms with Gasteiger partial charge in [-0.1, -0.05) is 0 Å². The van der Waals surface area contributed by atoms with Gasteiger partial charge in [-0.3, -0.25) is 0 Å². The summed E-state index contributed by atoms with van der Waals surface area (Å²) >= 11 is 0. The van der Waals surface area contributed by atoms with Crippen LogP contribution in [0.5, 0.6) is 0 Å². The molecule has 7 heteroatoms. The van der Waals surface area contributed by atoms with Crippen LogP contribution in [0.2, 0.25) is 0 Å². The Kier molecular flexibility index (Phi) is 2.46. The van der Waals surface area contributed by atoms with Crippen molar-refractivity contribution in [2.75, 3.05) is 18.0 Å². The zero-order valence-corrected chi connectivity index (χ0v) is 10.0. The number of nitrogens with one attached hydrogen (secondary N) is 1. The van der Waals surface area contributed by atoms with Gasteiger partial charge in [0.05, 0.1) is 18.0 Å². The quantitative estimate of drug-likeness (QED) is 0.640. The average molecular weight is 249 g/mol. The molecule has 3 heterocycles. The number of rotatable bonds is 1. The van der Waals surface area contributed by atoms with E-state index >= 15 is 0 Å². The van der Waals surface area contributed by atoms with Gasteiger partial charge in [0.2, 0.25) is 0 Å². The third-order valence-corrected chi connectivity index (χ3v) is 3.50. The molecule has 0 radical (unpaired) electrons. The highest BCUT2D eigenvalue weighted by Gasteiger charge is 2.37. The highest BCUT2D eigenvalue weighted by Crippen LogP contribution is 2.27. The first kappa shape index (κ1) is 11.4.